The summed E-state index contributed by atoms with van der Waals surface area (Å²) < 4.78 is 4.02. The molecule has 3 aromatic heterocycles. The molecule has 0 aliphatic heterocycles. The molecule has 4 aromatic rings. The molecule has 1 aromatic carbocycles. The lowest BCUT2D eigenvalue weighted by Gasteiger charge is -2.12. The van der Waals surface area contributed by atoms with Crippen LogP contribution in [0.25, 0.3) is 16.9 Å². The van der Waals surface area contributed by atoms with E-state index in [2.05, 4.69) is 52.0 Å². The lowest BCUT2D eigenvalue weighted by molar-refractivity contribution is 0.718. The van der Waals surface area contributed by atoms with Gasteiger partial charge in [0.05, 0.1) is 30.0 Å². The number of hydrogen-bond donors (Lipinski definition) is 1. The molecular formula is C20H22N6. The average molecular weight is 346 g/mol. The standard InChI is InChI=1S/C20H22N6/c1-4-25-13-21-11-17(25)12-22-19-10-18(16-8-6-5-7-9-16)23-20-14(2)15(3)24-26(19)20/h5-11,13,22H,4,12H2,1-3H3. The summed E-state index contributed by atoms with van der Waals surface area (Å²) in [5, 5.41) is 8.17. The van der Waals surface area contributed by atoms with Gasteiger partial charge in [0.2, 0.25) is 0 Å². The molecule has 0 unspecified atom stereocenters. The number of fused-ring (bicyclic) bond motifs is 1. The Morgan fingerprint density at radius 3 is 2.69 bits per heavy atom. The third-order valence-corrected chi connectivity index (χ3v) is 4.72. The molecule has 0 aliphatic carbocycles. The summed E-state index contributed by atoms with van der Waals surface area (Å²) in [6, 6.07) is 12.3. The van der Waals surface area contributed by atoms with Gasteiger partial charge in [0.15, 0.2) is 5.65 Å². The summed E-state index contributed by atoms with van der Waals surface area (Å²) in [6.45, 7) is 7.78. The first-order valence-electron chi connectivity index (χ1n) is 8.82. The predicted molar refractivity (Wildman–Crippen MR) is 103 cm³/mol. The Balaban J connectivity index is 1.78. The number of anilines is 1. The predicted octanol–water partition coefficient (Wildman–Crippen LogP) is 3.84. The van der Waals surface area contributed by atoms with Gasteiger partial charge < -0.3 is 9.88 Å². The van der Waals surface area contributed by atoms with Gasteiger partial charge in [-0.1, -0.05) is 30.3 Å². The van der Waals surface area contributed by atoms with Crippen LogP contribution < -0.4 is 5.32 Å². The van der Waals surface area contributed by atoms with Crippen LogP contribution in [0.15, 0.2) is 48.9 Å². The number of rotatable bonds is 5. The Morgan fingerprint density at radius 1 is 1.12 bits per heavy atom. The summed E-state index contributed by atoms with van der Waals surface area (Å²) in [5.74, 6) is 0.925. The van der Waals surface area contributed by atoms with Crippen molar-refractivity contribution in [3.8, 4) is 11.3 Å². The zero-order chi connectivity index (χ0) is 18.1. The molecule has 4 rings (SSSR count). The fraction of sp³-hybridized carbons (Fsp3) is 0.250. The summed E-state index contributed by atoms with van der Waals surface area (Å²) >= 11 is 0. The van der Waals surface area contributed by atoms with Gasteiger partial charge in [0, 0.05) is 29.9 Å². The van der Waals surface area contributed by atoms with Crippen LogP contribution in [0.1, 0.15) is 23.9 Å². The van der Waals surface area contributed by atoms with E-state index in [-0.39, 0.29) is 0 Å². The van der Waals surface area contributed by atoms with Crippen molar-refractivity contribution >= 4 is 11.5 Å². The first kappa shape index (κ1) is 16.3. The first-order chi connectivity index (χ1) is 12.7. The van der Waals surface area contributed by atoms with Crippen molar-refractivity contribution in [2.75, 3.05) is 5.32 Å². The third-order valence-electron chi connectivity index (χ3n) is 4.72. The Hall–Kier alpha value is -3.15. The molecule has 1 N–H and O–H groups in total. The highest BCUT2D eigenvalue weighted by Gasteiger charge is 2.13. The van der Waals surface area contributed by atoms with Gasteiger partial charge >= 0.3 is 0 Å². The molecule has 0 amide bonds. The number of imidazole rings is 1. The smallest absolute Gasteiger partial charge is 0.161 e. The molecule has 0 saturated carbocycles. The molecule has 26 heavy (non-hydrogen) atoms. The minimum Gasteiger partial charge on any atom is -0.364 e. The van der Waals surface area contributed by atoms with E-state index in [0.717, 1.165) is 46.2 Å². The van der Waals surface area contributed by atoms with Gasteiger partial charge in [-0.05, 0) is 20.8 Å². The van der Waals surface area contributed by atoms with Gasteiger partial charge in [-0.25, -0.2) is 9.97 Å². The lowest BCUT2D eigenvalue weighted by atomic mass is 10.1. The molecule has 0 saturated heterocycles. The minimum absolute atomic E-state index is 0.680. The fourth-order valence-corrected chi connectivity index (χ4v) is 3.07. The highest BCUT2D eigenvalue weighted by molar-refractivity contribution is 5.68. The number of aromatic nitrogens is 5. The van der Waals surface area contributed by atoms with Crippen LogP contribution in [0.2, 0.25) is 0 Å². The van der Waals surface area contributed by atoms with Crippen LogP contribution in [0.3, 0.4) is 0 Å². The molecule has 3 heterocycles. The van der Waals surface area contributed by atoms with E-state index in [4.69, 9.17) is 4.98 Å². The van der Waals surface area contributed by atoms with Crippen LogP contribution >= 0.6 is 0 Å². The van der Waals surface area contributed by atoms with Crippen molar-refractivity contribution in [2.24, 2.45) is 0 Å². The molecule has 132 valence electrons. The highest BCUT2D eigenvalue weighted by atomic mass is 15.3. The van der Waals surface area contributed by atoms with Crippen molar-refractivity contribution < 1.29 is 0 Å². The van der Waals surface area contributed by atoms with E-state index < -0.39 is 0 Å². The van der Waals surface area contributed by atoms with Gasteiger partial charge in [-0.15, -0.1) is 0 Å². The Kier molecular flexibility index (Phi) is 4.16. The van der Waals surface area contributed by atoms with Gasteiger partial charge in [0.25, 0.3) is 0 Å². The Morgan fingerprint density at radius 2 is 1.92 bits per heavy atom. The number of aryl methyl sites for hydroxylation is 3. The number of hydrogen-bond acceptors (Lipinski definition) is 4. The fourth-order valence-electron chi connectivity index (χ4n) is 3.07. The van der Waals surface area contributed by atoms with Crippen molar-refractivity contribution in [2.45, 2.75) is 33.9 Å². The maximum atomic E-state index is 4.85. The van der Waals surface area contributed by atoms with E-state index in [1.807, 2.05) is 42.2 Å². The monoisotopic (exact) mass is 346 g/mol. The van der Waals surface area contributed by atoms with E-state index in [1.54, 1.807) is 0 Å². The second kappa shape index (κ2) is 6.63. The molecule has 0 aliphatic rings. The van der Waals surface area contributed by atoms with E-state index in [9.17, 15) is 0 Å². The highest BCUT2D eigenvalue weighted by Crippen LogP contribution is 2.25. The SMILES string of the molecule is CCn1cncc1CNc1cc(-c2ccccc2)nc2c(C)c(C)nn12. The van der Waals surface area contributed by atoms with Crippen LogP contribution in [-0.4, -0.2) is 24.1 Å². The zero-order valence-corrected chi connectivity index (χ0v) is 15.3. The third kappa shape index (κ3) is 2.83. The number of benzene rings is 1. The van der Waals surface area contributed by atoms with Crippen LogP contribution in [0.5, 0.6) is 0 Å². The maximum absolute atomic E-state index is 4.85. The molecular weight excluding hydrogens is 324 g/mol. The quantitative estimate of drug-likeness (QED) is 0.596. The summed E-state index contributed by atoms with van der Waals surface area (Å²) in [7, 11) is 0. The number of nitrogens with one attached hydrogen (secondary N) is 1. The zero-order valence-electron chi connectivity index (χ0n) is 15.3. The van der Waals surface area contributed by atoms with Crippen molar-refractivity contribution in [3.05, 3.63) is 65.9 Å². The Bertz CT molecular complexity index is 1050. The van der Waals surface area contributed by atoms with E-state index in [1.165, 1.54) is 0 Å². The molecule has 0 fully saturated rings. The van der Waals surface area contributed by atoms with Gasteiger partial charge in [-0.3, -0.25) is 0 Å². The van der Waals surface area contributed by atoms with Crippen LogP contribution in [-0.2, 0) is 13.1 Å². The Labute approximate surface area is 152 Å². The summed E-state index contributed by atoms with van der Waals surface area (Å²) in [5.41, 5.74) is 6.14. The van der Waals surface area contributed by atoms with Crippen LogP contribution in [0, 0.1) is 13.8 Å². The summed E-state index contributed by atoms with van der Waals surface area (Å²) in [6.07, 6.45) is 3.75. The molecule has 6 nitrogen and oxygen atoms in total. The number of nitrogens with zero attached hydrogens (tertiary/aromatic N) is 5. The maximum Gasteiger partial charge on any atom is 0.161 e. The average Bonchev–Trinajstić information content (AvgIpc) is 3.25. The van der Waals surface area contributed by atoms with Gasteiger partial charge in [0.1, 0.15) is 5.82 Å². The van der Waals surface area contributed by atoms with Crippen LogP contribution in [0.4, 0.5) is 5.82 Å². The van der Waals surface area contributed by atoms with Gasteiger partial charge in [-0.2, -0.15) is 9.61 Å². The van der Waals surface area contributed by atoms with Crippen molar-refractivity contribution in [1.82, 2.24) is 24.1 Å². The molecule has 0 bridgehead atoms. The lowest BCUT2D eigenvalue weighted by Crippen LogP contribution is -2.10. The van der Waals surface area contributed by atoms with Crippen molar-refractivity contribution in [1.29, 1.82) is 0 Å². The largest absolute Gasteiger partial charge is 0.364 e. The molecule has 0 spiro atoms. The minimum atomic E-state index is 0.680. The normalized spacial score (nSPS) is 11.2. The molecule has 6 heteroatoms. The topological polar surface area (TPSA) is 60.0 Å². The summed E-state index contributed by atoms with van der Waals surface area (Å²) in [4.78, 5) is 9.09. The van der Waals surface area contributed by atoms with E-state index in [0.29, 0.717) is 6.54 Å². The second-order valence-corrected chi connectivity index (χ2v) is 6.36. The van der Waals surface area contributed by atoms with E-state index >= 15 is 0 Å². The molecule has 0 radical (unpaired) electrons. The van der Waals surface area contributed by atoms with Crippen molar-refractivity contribution in [3.63, 3.8) is 0 Å². The second-order valence-electron chi connectivity index (χ2n) is 6.36. The first-order valence-corrected chi connectivity index (χ1v) is 8.82. The molecule has 0 atom stereocenters.